The van der Waals surface area contributed by atoms with Gasteiger partial charge in [0.25, 0.3) is 5.56 Å². The van der Waals surface area contributed by atoms with Crippen molar-refractivity contribution >= 4 is 33.6 Å². The van der Waals surface area contributed by atoms with E-state index in [0.717, 1.165) is 39.6 Å². The number of para-hydroxylation sites is 1. The van der Waals surface area contributed by atoms with E-state index in [4.69, 9.17) is 9.47 Å². The van der Waals surface area contributed by atoms with Crippen LogP contribution in [0.3, 0.4) is 0 Å². The zero-order valence-electron chi connectivity index (χ0n) is 20.0. The summed E-state index contributed by atoms with van der Waals surface area (Å²) in [6, 6.07) is 23.0. The maximum Gasteiger partial charge on any atom is 0.411 e. The molecule has 0 fully saturated rings. The van der Waals surface area contributed by atoms with Crippen LogP contribution in [0.1, 0.15) is 18.9 Å². The van der Waals surface area contributed by atoms with Gasteiger partial charge in [-0.05, 0) is 67.1 Å². The summed E-state index contributed by atoms with van der Waals surface area (Å²) in [6.45, 7) is 2.87. The minimum absolute atomic E-state index is 0.194. The van der Waals surface area contributed by atoms with Crippen LogP contribution in [-0.4, -0.2) is 29.3 Å². The quantitative estimate of drug-likeness (QED) is 0.228. The summed E-state index contributed by atoms with van der Waals surface area (Å²) in [5, 5.41) is 4.59. The number of anilines is 1. The predicted molar refractivity (Wildman–Crippen MR) is 143 cm³/mol. The van der Waals surface area contributed by atoms with Crippen LogP contribution in [0.25, 0.3) is 32.9 Å². The van der Waals surface area contributed by atoms with Crippen LogP contribution >= 0.6 is 0 Å². The Morgan fingerprint density at radius 2 is 1.83 bits per heavy atom. The van der Waals surface area contributed by atoms with Crippen molar-refractivity contribution in [1.82, 2.24) is 9.97 Å². The van der Waals surface area contributed by atoms with Crippen LogP contribution in [0.15, 0.2) is 83.8 Å². The highest BCUT2D eigenvalue weighted by Crippen LogP contribution is 2.28. The summed E-state index contributed by atoms with van der Waals surface area (Å²) in [7, 11) is 0. The van der Waals surface area contributed by atoms with Gasteiger partial charge in [0.15, 0.2) is 0 Å². The van der Waals surface area contributed by atoms with Crippen LogP contribution in [0.5, 0.6) is 5.75 Å². The molecule has 0 saturated heterocycles. The molecule has 0 atom stereocenters. The third-order valence-electron chi connectivity index (χ3n) is 6.02. The number of carbonyl (C=O) groups excluding carboxylic acids is 1. The molecule has 2 aromatic heterocycles. The van der Waals surface area contributed by atoms with Gasteiger partial charge in [0.05, 0.1) is 18.7 Å². The van der Waals surface area contributed by atoms with E-state index in [1.54, 1.807) is 12.1 Å². The van der Waals surface area contributed by atoms with E-state index < -0.39 is 6.09 Å². The number of ether oxygens (including phenoxy) is 2. The number of benzene rings is 3. The van der Waals surface area contributed by atoms with E-state index in [0.29, 0.717) is 36.4 Å². The van der Waals surface area contributed by atoms with E-state index in [1.165, 1.54) is 0 Å². The standard InChI is InChI=1S/C29H27N3O4/c1-2-35-22-9-5-7-19(15-22)8-6-14-36-29(34)31-21-13-12-20-16-24(28(33)32-27(20)17-21)25-18-30-26-11-4-3-10-23(25)26/h3-5,7,9-13,15-18,30H,2,6,8,14H2,1H3,(H,31,34)(H,32,33). The Morgan fingerprint density at radius 1 is 0.944 bits per heavy atom. The van der Waals surface area contributed by atoms with Gasteiger partial charge >= 0.3 is 6.09 Å². The summed E-state index contributed by atoms with van der Waals surface area (Å²) in [6.07, 6.45) is 2.80. The molecule has 3 N–H and O–H groups in total. The van der Waals surface area contributed by atoms with Gasteiger partial charge in [-0.1, -0.05) is 36.4 Å². The molecule has 182 valence electrons. The lowest BCUT2D eigenvalue weighted by atomic mass is 10.0. The third-order valence-corrected chi connectivity index (χ3v) is 6.02. The number of pyridine rings is 1. The van der Waals surface area contributed by atoms with Crippen molar-refractivity contribution in [2.24, 2.45) is 0 Å². The molecule has 0 spiro atoms. The average Bonchev–Trinajstić information content (AvgIpc) is 3.31. The second kappa shape index (κ2) is 10.4. The number of fused-ring (bicyclic) bond motifs is 2. The van der Waals surface area contributed by atoms with Gasteiger partial charge in [-0.25, -0.2) is 4.79 Å². The summed E-state index contributed by atoms with van der Waals surface area (Å²) in [5.74, 6) is 0.844. The molecule has 0 aliphatic heterocycles. The van der Waals surface area contributed by atoms with Crippen molar-refractivity contribution in [1.29, 1.82) is 0 Å². The van der Waals surface area contributed by atoms with E-state index in [1.807, 2.05) is 73.8 Å². The SMILES string of the molecule is CCOc1cccc(CCCOC(=O)Nc2ccc3cc(-c4c[nH]c5ccccc45)c(=O)[nH]c3c2)c1. The Hall–Kier alpha value is -4.52. The molecule has 0 aliphatic rings. The smallest absolute Gasteiger partial charge is 0.411 e. The molecule has 0 saturated carbocycles. The van der Waals surface area contributed by atoms with Crippen molar-refractivity contribution in [3.8, 4) is 16.9 Å². The second-order valence-corrected chi connectivity index (χ2v) is 8.51. The molecule has 0 unspecified atom stereocenters. The molecule has 5 rings (SSSR count). The van der Waals surface area contributed by atoms with Gasteiger partial charge < -0.3 is 19.4 Å². The number of amides is 1. The first-order chi connectivity index (χ1) is 17.6. The largest absolute Gasteiger partial charge is 0.494 e. The molecule has 0 aliphatic carbocycles. The molecular weight excluding hydrogens is 454 g/mol. The van der Waals surface area contributed by atoms with Crippen molar-refractivity contribution in [3.63, 3.8) is 0 Å². The third kappa shape index (κ3) is 5.10. The lowest BCUT2D eigenvalue weighted by molar-refractivity contribution is 0.160. The number of carbonyl (C=O) groups is 1. The lowest BCUT2D eigenvalue weighted by Crippen LogP contribution is -2.15. The Bertz CT molecular complexity index is 1580. The molecule has 0 bridgehead atoms. The maximum atomic E-state index is 12.9. The first-order valence-electron chi connectivity index (χ1n) is 12.0. The van der Waals surface area contributed by atoms with E-state index in [-0.39, 0.29) is 5.56 Å². The topological polar surface area (TPSA) is 96.2 Å². The average molecular weight is 482 g/mol. The molecule has 7 nitrogen and oxygen atoms in total. The molecule has 0 radical (unpaired) electrons. The Morgan fingerprint density at radius 3 is 2.72 bits per heavy atom. The zero-order chi connectivity index (χ0) is 24.9. The summed E-state index contributed by atoms with van der Waals surface area (Å²) >= 11 is 0. The molecule has 1 amide bonds. The normalized spacial score (nSPS) is 11.0. The number of rotatable bonds is 8. The number of hydrogen-bond acceptors (Lipinski definition) is 4. The van der Waals surface area contributed by atoms with Crippen LogP contribution in [0, 0.1) is 0 Å². The zero-order valence-corrected chi connectivity index (χ0v) is 20.0. The Labute approximate surface area is 208 Å². The number of H-pyrrole nitrogens is 2. The molecule has 36 heavy (non-hydrogen) atoms. The Balaban J connectivity index is 1.21. The van der Waals surface area contributed by atoms with Gasteiger partial charge in [0, 0.05) is 33.9 Å². The minimum Gasteiger partial charge on any atom is -0.494 e. The minimum atomic E-state index is -0.532. The van der Waals surface area contributed by atoms with Gasteiger partial charge in [-0.3, -0.25) is 10.1 Å². The molecule has 7 heteroatoms. The summed E-state index contributed by atoms with van der Waals surface area (Å²) in [4.78, 5) is 31.3. The number of aromatic amines is 2. The van der Waals surface area contributed by atoms with Crippen molar-refractivity contribution in [2.45, 2.75) is 19.8 Å². The number of aromatic nitrogens is 2. The van der Waals surface area contributed by atoms with E-state index >= 15 is 0 Å². The highest BCUT2D eigenvalue weighted by Gasteiger charge is 2.12. The van der Waals surface area contributed by atoms with Crippen molar-refractivity contribution in [3.05, 3.63) is 94.9 Å². The van der Waals surface area contributed by atoms with Gasteiger partial charge in [0.1, 0.15) is 5.75 Å². The first-order valence-corrected chi connectivity index (χ1v) is 12.0. The monoisotopic (exact) mass is 481 g/mol. The number of nitrogens with one attached hydrogen (secondary N) is 3. The highest BCUT2D eigenvalue weighted by molar-refractivity contribution is 5.98. The molecular formula is C29H27N3O4. The van der Waals surface area contributed by atoms with Gasteiger partial charge in [0.2, 0.25) is 0 Å². The van der Waals surface area contributed by atoms with Gasteiger partial charge in [-0.15, -0.1) is 0 Å². The molecule has 5 aromatic rings. The summed E-state index contributed by atoms with van der Waals surface area (Å²) in [5.41, 5.74) is 4.54. The predicted octanol–water partition coefficient (Wildman–Crippen LogP) is 6.26. The fourth-order valence-corrected chi connectivity index (χ4v) is 4.33. The van der Waals surface area contributed by atoms with E-state index in [2.05, 4.69) is 15.3 Å². The van der Waals surface area contributed by atoms with Gasteiger partial charge in [-0.2, -0.15) is 0 Å². The fourth-order valence-electron chi connectivity index (χ4n) is 4.33. The summed E-state index contributed by atoms with van der Waals surface area (Å²) < 4.78 is 10.9. The van der Waals surface area contributed by atoms with E-state index in [9.17, 15) is 9.59 Å². The number of aryl methyl sites for hydroxylation is 1. The van der Waals surface area contributed by atoms with Crippen LogP contribution in [0.4, 0.5) is 10.5 Å². The molecule has 3 aromatic carbocycles. The number of hydrogen-bond donors (Lipinski definition) is 3. The van der Waals surface area contributed by atoms with Crippen LogP contribution in [0.2, 0.25) is 0 Å². The second-order valence-electron chi connectivity index (χ2n) is 8.51. The first kappa shape index (κ1) is 23.2. The Kier molecular flexibility index (Phi) is 6.71. The highest BCUT2D eigenvalue weighted by atomic mass is 16.5. The lowest BCUT2D eigenvalue weighted by Gasteiger charge is -2.09. The van der Waals surface area contributed by atoms with Crippen molar-refractivity contribution < 1.29 is 14.3 Å². The maximum absolute atomic E-state index is 12.9. The molecule has 2 heterocycles. The van der Waals surface area contributed by atoms with Crippen LogP contribution in [-0.2, 0) is 11.2 Å². The van der Waals surface area contributed by atoms with Crippen molar-refractivity contribution in [2.75, 3.05) is 18.5 Å². The fraction of sp³-hybridized carbons (Fsp3) is 0.172. The van der Waals surface area contributed by atoms with Crippen LogP contribution < -0.4 is 15.6 Å².